The number of unbranched alkanes of at least 4 members (excludes halogenated alkanes) is 2. The second-order valence-corrected chi connectivity index (χ2v) is 6.48. The van der Waals surface area contributed by atoms with Gasteiger partial charge in [0.15, 0.2) is 0 Å². The van der Waals surface area contributed by atoms with E-state index >= 15 is 0 Å². The van der Waals surface area contributed by atoms with Crippen LogP contribution >= 0.6 is 0 Å². The van der Waals surface area contributed by atoms with Crippen LogP contribution in [0, 0.1) is 6.92 Å². The van der Waals surface area contributed by atoms with Crippen molar-refractivity contribution in [2.24, 2.45) is 0 Å². The Bertz CT molecular complexity index is 509. The van der Waals surface area contributed by atoms with Crippen LogP contribution in [0.2, 0.25) is 0 Å². The van der Waals surface area contributed by atoms with Crippen LogP contribution in [0.3, 0.4) is 0 Å². The number of hydrogen-bond donors (Lipinski definition) is 0. The molecule has 1 rings (SSSR count). The van der Waals surface area contributed by atoms with E-state index in [0.717, 1.165) is 24.8 Å². The first-order valence-electron chi connectivity index (χ1n) is 6.51. The lowest BCUT2D eigenvalue weighted by Crippen LogP contribution is -2.07. The summed E-state index contributed by atoms with van der Waals surface area (Å²) in [4.78, 5) is 0.224. The Balaban J connectivity index is 2.39. The summed E-state index contributed by atoms with van der Waals surface area (Å²) in [6.45, 7) is 6.27. The van der Waals surface area contributed by atoms with E-state index in [1.807, 2.05) is 6.92 Å². The standard InChI is InChI=1S/C15H22O3S/c1-13(2)7-5-4-6-12-18-19(16,17)15-10-8-14(3)9-11-15/h7-11H,4-6,12H2,1-3H3. The van der Waals surface area contributed by atoms with E-state index in [4.69, 9.17) is 4.18 Å². The van der Waals surface area contributed by atoms with Crippen LogP contribution in [0.4, 0.5) is 0 Å². The van der Waals surface area contributed by atoms with Crippen molar-refractivity contribution in [1.82, 2.24) is 0 Å². The molecule has 0 saturated heterocycles. The maximum Gasteiger partial charge on any atom is 0.296 e. The normalized spacial score (nSPS) is 11.3. The molecule has 0 spiro atoms. The zero-order valence-electron chi connectivity index (χ0n) is 11.8. The average Bonchev–Trinajstić information content (AvgIpc) is 2.34. The topological polar surface area (TPSA) is 43.4 Å². The number of benzene rings is 1. The molecule has 0 fully saturated rings. The molecule has 0 N–H and O–H groups in total. The van der Waals surface area contributed by atoms with Crippen LogP contribution in [0.5, 0.6) is 0 Å². The highest BCUT2D eigenvalue weighted by molar-refractivity contribution is 7.86. The quantitative estimate of drug-likeness (QED) is 0.433. The third-order valence-electron chi connectivity index (χ3n) is 2.70. The maximum atomic E-state index is 11.9. The summed E-state index contributed by atoms with van der Waals surface area (Å²) < 4.78 is 28.7. The second kappa shape index (κ2) is 7.46. The van der Waals surface area contributed by atoms with Gasteiger partial charge in [-0.3, -0.25) is 4.18 Å². The molecule has 0 aliphatic heterocycles. The summed E-state index contributed by atoms with van der Waals surface area (Å²) in [5.74, 6) is 0. The van der Waals surface area contributed by atoms with E-state index in [1.165, 1.54) is 5.57 Å². The lowest BCUT2D eigenvalue weighted by atomic mass is 10.2. The lowest BCUT2D eigenvalue weighted by molar-refractivity contribution is 0.309. The van der Waals surface area contributed by atoms with E-state index < -0.39 is 10.1 Å². The highest BCUT2D eigenvalue weighted by Gasteiger charge is 2.13. The van der Waals surface area contributed by atoms with Crippen molar-refractivity contribution in [3.05, 3.63) is 41.5 Å². The molecular formula is C15H22O3S. The Hall–Kier alpha value is -1.13. The predicted molar refractivity (Wildman–Crippen MR) is 77.6 cm³/mol. The van der Waals surface area contributed by atoms with Crippen molar-refractivity contribution in [2.75, 3.05) is 6.61 Å². The van der Waals surface area contributed by atoms with Gasteiger partial charge in [0.1, 0.15) is 0 Å². The fourth-order valence-corrected chi connectivity index (χ4v) is 2.52. The second-order valence-electron chi connectivity index (χ2n) is 4.87. The summed E-state index contributed by atoms with van der Waals surface area (Å²) in [5, 5.41) is 0. The molecule has 1 aromatic rings. The van der Waals surface area contributed by atoms with Gasteiger partial charge < -0.3 is 0 Å². The Labute approximate surface area is 116 Å². The number of aryl methyl sites for hydroxylation is 1. The van der Waals surface area contributed by atoms with Crippen LogP contribution in [0.1, 0.15) is 38.7 Å². The zero-order chi connectivity index (χ0) is 14.3. The van der Waals surface area contributed by atoms with E-state index in [-0.39, 0.29) is 11.5 Å². The van der Waals surface area contributed by atoms with Gasteiger partial charge in [-0.25, -0.2) is 0 Å². The van der Waals surface area contributed by atoms with Gasteiger partial charge in [0, 0.05) is 0 Å². The fourth-order valence-electron chi connectivity index (χ4n) is 1.58. The number of rotatable bonds is 7. The first kappa shape index (κ1) is 15.9. The molecule has 0 amide bonds. The largest absolute Gasteiger partial charge is 0.296 e. The molecule has 0 aliphatic rings. The van der Waals surface area contributed by atoms with E-state index in [1.54, 1.807) is 24.3 Å². The van der Waals surface area contributed by atoms with Crippen LogP contribution in [0.15, 0.2) is 40.8 Å². The van der Waals surface area contributed by atoms with Gasteiger partial charge in [-0.05, 0) is 52.2 Å². The summed E-state index contributed by atoms with van der Waals surface area (Å²) in [5.41, 5.74) is 2.31. The van der Waals surface area contributed by atoms with Gasteiger partial charge >= 0.3 is 0 Å². The zero-order valence-corrected chi connectivity index (χ0v) is 12.7. The van der Waals surface area contributed by atoms with Crippen molar-refractivity contribution < 1.29 is 12.6 Å². The molecule has 0 radical (unpaired) electrons. The summed E-state index contributed by atoms with van der Waals surface area (Å²) >= 11 is 0. The minimum absolute atomic E-state index is 0.224. The summed E-state index contributed by atoms with van der Waals surface area (Å²) in [6.07, 6.45) is 4.80. The first-order valence-corrected chi connectivity index (χ1v) is 7.92. The van der Waals surface area contributed by atoms with Gasteiger partial charge in [0.05, 0.1) is 11.5 Å². The molecule has 0 saturated carbocycles. The molecule has 4 heteroatoms. The third kappa shape index (κ3) is 6.03. The van der Waals surface area contributed by atoms with Crippen LogP contribution < -0.4 is 0 Å². The maximum absolute atomic E-state index is 11.9. The highest BCUT2D eigenvalue weighted by atomic mass is 32.2. The molecule has 0 aromatic heterocycles. The summed E-state index contributed by atoms with van der Waals surface area (Å²) in [7, 11) is -3.60. The van der Waals surface area contributed by atoms with Gasteiger partial charge in [-0.15, -0.1) is 0 Å². The Morgan fingerprint density at radius 2 is 1.79 bits per heavy atom. The van der Waals surface area contributed by atoms with Gasteiger partial charge in [0.2, 0.25) is 0 Å². The first-order chi connectivity index (χ1) is 8.92. The van der Waals surface area contributed by atoms with Crippen molar-refractivity contribution in [3.8, 4) is 0 Å². The van der Waals surface area contributed by atoms with Crippen LogP contribution in [-0.2, 0) is 14.3 Å². The Kier molecular flexibility index (Phi) is 6.25. The van der Waals surface area contributed by atoms with Gasteiger partial charge in [-0.2, -0.15) is 8.42 Å². The minimum atomic E-state index is -3.60. The molecule has 0 atom stereocenters. The predicted octanol–water partition coefficient (Wildman–Crippen LogP) is 3.84. The molecule has 1 aromatic carbocycles. The molecule has 3 nitrogen and oxygen atoms in total. The average molecular weight is 282 g/mol. The van der Waals surface area contributed by atoms with Crippen molar-refractivity contribution in [3.63, 3.8) is 0 Å². The monoisotopic (exact) mass is 282 g/mol. The SMILES string of the molecule is CC(C)=CCCCCOS(=O)(=O)c1ccc(C)cc1. The van der Waals surface area contributed by atoms with E-state index in [9.17, 15) is 8.42 Å². The summed E-state index contributed by atoms with van der Waals surface area (Å²) in [6, 6.07) is 6.69. The van der Waals surface area contributed by atoms with Gasteiger partial charge in [-0.1, -0.05) is 29.3 Å². The molecule has 106 valence electrons. The lowest BCUT2D eigenvalue weighted by Gasteiger charge is -2.05. The van der Waals surface area contributed by atoms with E-state index in [2.05, 4.69) is 19.9 Å². The van der Waals surface area contributed by atoms with Crippen LogP contribution in [0.25, 0.3) is 0 Å². The molecule has 0 heterocycles. The number of allylic oxidation sites excluding steroid dienone is 2. The molecule has 0 aliphatic carbocycles. The highest BCUT2D eigenvalue weighted by Crippen LogP contribution is 2.14. The molecule has 19 heavy (non-hydrogen) atoms. The van der Waals surface area contributed by atoms with Gasteiger partial charge in [0.25, 0.3) is 10.1 Å². The minimum Gasteiger partial charge on any atom is -0.266 e. The number of hydrogen-bond acceptors (Lipinski definition) is 3. The van der Waals surface area contributed by atoms with Crippen LogP contribution in [-0.4, -0.2) is 15.0 Å². The Morgan fingerprint density at radius 3 is 2.37 bits per heavy atom. The molecule has 0 unspecified atom stereocenters. The van der Waals surface area contributed by atoms with Crippen molar-refractivity contribution in [1.29, 1.82) is 0 Å². The molecule has 0 bridgehead atoms. The van der Waals surface area contributed by atoms with Crippen molar-refractivity contribution in [2.45, 2.75) is 44.9 Å². The molecular weight excluding hydrogens is 260 g/mol. The Morgan fingerprint density at radius 1 is 1.16 bits per heavy atom. The third-order valence-corrected chi connectivity index (χ3v) is 4.03. The smallest absolute Gasteiger partial charge is 0.266 e. The fraction of sp³-hybridized carbons (Fsp3) is 0.467. The van der Waals surface area contributed by atoms with Crippen molar-refractivity contribution >= 4 is 10.1 Å². The van der Waals surface area contributed by atoms with E-state index in [0.29, 0.717) is 0 Å².